The van der Waals surface area contributed by atoms with Crippen molar-refractivity contribution >= 4 is 17.8 Å². The summed E-state index contributed by atoms with van der Waals surface area (Å²) in [6.07, 6.45) is 3.69. The molecule has 2 heterocycles. The second-order valence-electron chi connectivity index (χ2n) is 10.1. The summed E-state index contributed by atoms with van der Waals surface area (Å²) >= 11 is 0. The summed E-state index contributed by atoms with van der Waals surface area (Å²) in [7, 11) is 0. The molecular weight excluding hydrogens is 484 g/mol. The van der Waals surface area contributed by atoms with Crippen molar-refractivity contribution in [3.8, 4) is 0 Å². The highest BCUT2D eigenvalue weighted by Crippen LogP contribution is 2.21. The minimum Gasteiger partial charge on any atom is -0.480 e. The van der Waals surface area contributed by atoms with Gasteiger partial charge >= 0.3 is 12.1 Å². The fourth-order valence-electron chi connectivity index (χ4n) is 3.85. The van der Waals surface area contributed by atoms with Gasteiger partial charge < -0.3 is 15.6 Å². The van der Waals surface area contributed by atoms with E-state index in [4.69, 9.17) is 10.5 Å². The van der Waals surface area contributed by atoms with E-state index >= 15 is 0 Å². The highest BCUT2D eigenvalue weighted by atomic mass is 16.6. The monoisotopic (exact) mass is 518 g/mol. The number of hydrogen-bond donors (Lipinski definition) is 2. The summed E-state index contributed by atoms with van der Waals surface area (Å²) in [6.45, 7) is 5.82. The summed E-state index contributed by atoms with van der Waals surface area (Å²) in [4.78, 5) is 48.1. The molecule has 1 amide bonds. The molecule has 38 heavy (non-hydrogen) atoms. The molecule has 0 fully saturated rings. The van der Waals surface area contributed by atoms with Gasteiger partial charge in [-0.3, -0.25) is 19.7 Å². The van der Waals surface area contributed by atoms with E-state index in [1.54, 1.807) is 57.4 Å². The van der Waals surface area contributed by atoms with Crippen LogP contribution in [0, 0.1) is 0 Å². The summed E-state index contributed by atoms with van der Waals surface area (Å²) in [6, 6.07) is 17.4. The van der Waals surface area contributed by atoms with Crippen molar-refractivity contribution in [2.24, 2.45) is 5.73 Å². The molecule has 1 unspecified atom stereocenters. The molecule has 0 aliphatic heterocycles. The maximum atomic E-state index is 13.2. The molecule has 3 N–H and O–H groups in total. The molecule has 3 aromatic rings. The van der Waals surface area contributed by atoms with Crippen molar-refractivity contribution in [3.63, 3.8) is 0 Å². The number of ketones is 1. The molecule has 9 nitrogen and oxygen atoms in total. The van der Waals surface area contributed by atoms with Gasteiger partial charge in [0.05, 0.1) is 12.2 Å². The van der Waals surface area contributed by atoms with Crippen LogP contribution in [0.15, 0.2) is 73.1 Å². The first kappa shape index (κ1) is 28.5. The number of aromatic nitrogens is 2. The number of amides is 1. The van der Waals surface area contributed by atoms with Crippen LogP contribution >= 0.6 is 0 Å². The Morgan fingerprint density at radius 2 is 1.50 bits per heavy atom. The molecule has 3 rings (SSSR count). The molecule has 0 saturated carbocycles. The third-order valence-electron chi connectivity index (χ3n) is 5.84. The van der Waals surface area contributed by atoms with Crippen LogP contribution in [0.25, 0.3) is 0 Å². The fourth-order valence-corrected chi connectivity index (χ4v) is 3.85. The number of benzene rings is 1. The van der Waals surface area contributed by atoms with E-state index in [-0.39, 0.29) is 25.1 Å². The number of pyridine rings is 2. The number of nitrogens with zero attached hydrogens (tertiary/aromatic N) is 3. The van der Waals surface area contributed by atoms with Gasteiger partial charge in [0.1, 0.15) is 5.60 Å². The lowest BCUT2D eigenvalue weighted by Crippen LogP contribution is -2.55. The lowest BCUT2D eigenvalue weighted by Gasteiger charge is -2.27. The number of carbonyl (C=O) groups excluding carboxylic acids is 2. The number of carboxylic acid groups (broad SMARTS) is 1. The predicted octanol–water partition coefficient (Wildman–Crippen LogP) is 4.40. The zero-order valence-corrected chi connectivity index (χ0v) is 22.0. The average molecular weight is 519 g/mol. The van der Waals surface area contributed by atoms with Crippen molar-refractivity contribution in [3.05, 3.63) is 95.6 Å². The van der Waals surface area contributed by atoms with Crippen molar-refractivity contribution < 1.29 is 24.2 Å². The topological polar surface area (TPSA) is 136 Å². The van der Waals surface area contributed by atoms with Gasteiger partial charge in [-0.15, -0.1) is 0 Å². The normalized spacial score (nSPS) is 12.8. The number of hydrogen-bond acceptors (Lipinski definition) is 7. The largest absolute Gasteiger partial charge is 0.480 e. The minimum absolute atomic E-state index is 0.0318. The van der Waals surface area contributed by atoms with Crippen LogP contribution in [-0.2, 0) is 29.0 Å². The van der Waals surface area contributed by atoms with E-state index in [1.165, 1.54) is 17.0 Å². The fraction of sp³-hybridized carbons (Fsp3) is 0.345. The molecule has 200 valence electrons. The summed E-state index contributed by atoms with van der Waals surface area (Å²) in [5, 5.41) is 9.80. The second-order valence-corrected chi connectivity index (χ2v) is 10.1. The highest BCUT2D eigenvalue weighted by molar-refractivity contribution is 6.15. The molecule has 0 aliphatic rings. The van der Waals surface area contributed by atoms with Crippen LogP contribution in [-0.4, -0.2) is 49.0 Å². The van der Waals surface area contributed by atoms with E-state index in [0.717, 1.165) is 11.3 Å². The van der Waals surface area contributed by atoms with Crippen molar-refractivity contribution in [2.75, 3.05) is 0 Å². The zero-order chi connectivity index (χ0) is 27.8. The summed E-state index contributed by atoms with van der Waals surface area (Å²) in [5.74, 6) is -2.05. The van der Waals surface area contributed by atoms with E-state index < -0.39 is 29.0 Å². The Balaban J connectivity index is 1.72. The Bertz CT molecular complexity index is 1230. The molecule has 0 saturated heterocycles. The van der Waals surface area contributed by atoms with Gasteiger partial charge in [-0.2, -0.15) is 0 Å². The highest BCUT2D eigenvalue weighted by Gasteiger charge is 2.42. The first-order valence-corrected chi connectivity index (χ1v) is 12.4. The first-order valence-electron chi connectivity index (χ1n) is 12.4. The molecule has 0 aliphatic carbocycles. The number of aryl methyl sites for hydroxylation is 1. The third kappa shape index (κ3) is 7.94. The van der Waals surface area contributed by atoms with Gasteiger partial charge in [-0.25, -0.2) is 9.59 Å². The van der Waals surface area contributed by atoms with Crippen LogP contribution in [0.1, 0.15) is 60.9 Å². The smallest absolute Gasteiger partial charge is 0.410 e. The van der Waals surface area contributed by atoms with Gasteiger partial charge in [-0.1, -0.05) is 36.4 Å². The SMILES string of the molecule is CC(C)(C)OC(=O)N(Cc1ccc(C(=O)C(N)(CCCc2ccccn2)C(=O)O)cc1)Cc1ccccn1. The zero-order valence-electron chi connectivity index (χ0n) is 22.0. The number of nitrogens with two attached hydrogens (primary N) is 1. The summed E-state index contributed by atoms with van der Waals surface area (Å²) in [5.41, 5.74) is 5.83. The maximum absolute atomic E-state index is 13.2. The molecule has 9 heteroatoms. The van der Waals surface area contributed by atoms with E-state index in [0.29, 0.717) is 18.5 Å². The molecule has 0 bridgehead atoms. The molecule has 1 atom stereocenters. The van der Waals surface area contributed by atoms with E-state index in [2.05, 4.69) is 9.97 Å². The van der Waals surface area contributed by atoms with Crippen LogP contribution < -0.4 is 5.73 Å². The van der Waals surface area contributed by atoms with E-state index in [1.807, 2.05) is 24.3 Å². The van der Waals surface area contributed by atoms with Crippen molar-refractivity contribution in [1.29, 1.82) is 0 Å². The Kier molecular flexibility index (Phi) is 9.30. The molecule has 0 radical (unpaired) electrons. The van der Waals surface area contributed by atoms with Crippen molar-refractivity contribution in [1.82, 2.24) is 14.9 Å². The van der Waals surface area contributed by atoms with Crippen LogP contribution in [0.4, 0.5) is 4.79 Å². The Hall–Kier alpha value is -4.11. The van der Waals surface area contributed by atoms with Gasteiger partial charge in [0, 0.05) is 30.2 Å². The Labute approximate surface area is 222 Å². The number of ether oxygens (including phenoxy) is 1. The Morgan fingerprint density at radius 1 is 0.895 bits per heavy atom. The van der Waals surface area contributed by atoms with Crippen LogP contribution in [0.2, 0.25) is 0 Å². The van der Waals surface area contributed by atoms with Gasteiger partial charge in [0.15, 0.2) is 11.3 Å². The third-order valence-corrected chi connectivity index (χ3v) is 5.84. The van der Waals surface area contributed by atoms with Gasteiger partial charge in [0.2, 0.25) is 0 Å². The Morgan fingerprint density at radius 3 is 2.03 bits per heavy atom. The lowest BCUT2D eigenvalue weighted by atomic mass is 9.85. The maximum Gasteiger partial charge on any atom is 0.410 e. The molecule has 1 aromatic carbocycles. The quantitative estimate of drug-likeness (QED) is 0.282. The predicted molar refractivity (Wildman–Crippen MR) is 142 cm³/mol. The van der Waals surface area contributed by atoms with Crippen molar-refractivity contribution in [2.45, 2.75) is 64.3 Å². The van der Waals surface area contributed by atoms with Crippen LogP contribution in [0.5, 0.6) is 0 Å². The standard InChI is InChI=1S/C29H34N4O5/c1-28(2,3)38-27(37)33(20-24-10-5-7-18-32-24)19-21-12-14-22(15-13-21)25(34)29(30,26(35)36)16-8-11-23-9-4-6-17-31-23/h4-7,9-10,12-15,17-18H,8,11,16,19-20,30H2,1-3H3,(H,35,36). The number of rotatable bonds is 11. The number of carbonyl (C=O) groups is 3. The number of aliphatic carboxylic acids is 1. The van der Waals surface area contributed by atoms with Gasteiger partial charge in [-0.05, 0) is 69.9 Å². The van der Waals surface area contributed by atoms with Crippen LogP contribution in [0.3, 0.4) is 0 Å². The summed E-state index contributed by atoms with van der Waals surface area (Å²) < 4.78 is 5.57. The minimum atomic E-state index is -2.06. The van der Waals surface area contributed by atoms with Gasteiger partial charge in [0.25, 0.3) is 0 Å². The first-order chi connectivity index (χ1) is 18.0. The van der Waals surface area contributed by atoms with E-state index in [9.17, 15) is 19.5 Å². The molecular formula is C29H34N4O5. The molecule has 0 spiro atoms. The lowest BCUT2D eigenvalue weighted by molar-refractivity contribution is -0.141. The average Bonchev–Trinajstić information content (AvgIpc) is 2.88. The number of Topliss-reactive ketones (excluding diaryl/α,β-unsaturated/α-hetero) is 1. The number of carboxylic acids is 1. The molecule has 2 aromatic heterocycles. The second kappa shape index (κ2) is 12.4.